The van der Waals surface area contributed by atoms with Gasteiger partial charge in [0.15, 0.2) is 0 Å². The van der Waals surface area contributed by atoms with E-state index in [9.17, 15) is 4.79 Å². The van der Waals surface area contributed by atoms with Gasteiger partial charge in [-0.2, -0.15) is 0 Å². The van der Waals surface area contributed by atoms with Crippen LogP contribution in [0.2, 0.25) is 0 Å². The molecule has 0 radical (unpaired) electrons. The molecule has 0 aromatic rings. The minimum Gasteiger partial charge on any atom is -0.354 e. The van der Waals surface area contributed by atoms with E-state index in [0.717, 1.165) is 18.3 Å². The van der Waals surface area contributed by atoms with Crippen molar-refractivity contribution in [2.75, 3.05) is 25.0 Å². The van der Waals surface area contributed by atoms with Crippen LogP contribution < -0.4 is 5.32 Å². The molecule has 2 atom stereocenters. The Kier molecular flexibility index (Phi) is 4.65. The number of fused-ring (bicyclic) bond motifs is 1. The molecule has 1 amide bonds. The van der Waals surface area contributed by atoms with E-state index in [0.29, 0.717) is 6.04 Å². The second-order valence-corrected chi connectivity index (χ2v) is 5.64. The molecule has 1 N–H and O–H groups in total. The lowest BCUT2D eigenvalue weighted by atomic mass is 9.91. The third-order valence-corrected chi connectivity index (χ3v) is 4.36. The highest BCUT2D eigenvalue weighted by Gasteiger charge is 2.40. The van der Waals surface area contributed by atoms with Gasteiger partial charge in [-0.05, 0) is 38.8 Å². The fraction of sp³-hybridized carbons (Fsp3) is 0.917. The number of alkyl halides is 1. The SMILES string of the molecule is O=C1NCC2C1CCCN2CCCCCBr. The maximum Gasteiger partial charge on any atom is 0.224 e. The van der Waals surface area contributed by atoms with Crippen LogP contribution in [0.4, 0.5) is 0 Å². The third kappa shape index (κ3) is 2.77. The van der Waals surface area contributed by atoms with Crippen LogP contribution in [0, 0.1) is 5.92 Å². The molecule has 0 aliphatic carbocycles. The molecule has 2 heterocycles. The molecule has 92 valence electrons. The van der Waals surface area contributed by atoms with Crippen LogP contribution in [0.5, 0.6) is 0 Å². The average molecular weight is 289 g/mol. The van der Waals surface area contributed by atoms with Gasteiger partial charge in [0.25, 0.3) is 0 Å². The molecule has 2 rings (SSSR count). The van der Waals surface area contributed by atoms with E-state index in [2.05, 4.69) is 26.1 Å². The van der Waals surface area contributed by atoms with E-state index in [1.54, 1.807) is 0 Å². The summed E-state index contributed by atoms with van der Waals surface area (Å²) >= 11 is 3.46. The number of likely N-dealkylation sites (tertiary alicyclic amines) is 1. The molecule has 2 aliphatic heterocycles. The molecular weight excluding hydrogens is 268 g/mol. The van der Waals surface area contributed by atoms with Crippen LogP contribution in [-0.2, 0) is 4.79 Å². The number of halogens is 1. The standard InChI is InChI=1S/C12H21BrN2O/c13-6-2-1-3-7-15-8-4-5-10-11(15)9-14-12(10)16/h10-11H,1-9H2,(H,14,16). The largest absolute Gasteiger partial charge is 0.354 e. The maximum atomic E-state index is 11.6. The van der Waals surface area contributed by atoms with Crippen molar-refractivity contribution in [3.63, 3.8) is 0 Å². The van der Waals surface area contributed by atoms with Crippen LogP contribution in [0.1, 0.15) is 32.1 Å². The number of unbranched alkanes of at least 4 members (excludes halogenated alkanes) is 2. The molecular formula is C12H21BrN2O. The van der Waals surface area contributed by atoms with Crippen LogP contribution in [-0.4, -0.2) is 41.8 Å². The molecule has 2 aliphatic rings. The lowest BCUT2D eigenvalue weighted by Gasteiger charge is -2.35. The van der Waals surface area contributed by atoms with Gasteiger partial charge < -0.3 is 5.32 Å². The summed E-state index contributed by atoms with van der Waals surface area (Å²) in [7, 11) is 0. The lowest BCUT2D eigenvalue weighted by molar-refractivity contribution is -0.124. The normalized spacial score (nSPS) is 30.2. The second-order valence-electron chi connectivity index (χ2n) is 4.85. The highest BCUT2D eigenvalue weighted by atomic mass is 79.9. The van der Waals surface area contributed by atoms with Gasteiger partial charge in [-0.25, -0.2) is 0 Å². The smallest absolute Gasteiger partial charge is 0.224 e. The molecule has 4 heteroatoms. The Morgan fingerprint density at radius 1 is 1.38 bits per heavy atom. The van der Waals surface area contributed by atoms with Crippen molar-refractivity contribution in [2.45, 2.75) is 38.1 Å². The zero-order valence-corrected chi connectivity index (χ0v) is 11.3. The number of nitrogens with one attached hydrogen (secondary N) is 1. The van der Waals surface area contributed by atoms with Crippen molar-refractivity contribution in [2.24, 2.45) is 5.92 Å². The third-order valence-electron chi connectivity index (χ3n) is 3.80. The van der Waals surface area contributed by atoms with Crippen LogP contribution >= 0.6 is 15.9 Å². The fourth-order valence-electron chi connectivity index (χ4n) is 2.90. The van der Waals surface area contributed by atoms with E-state index in [4.69, 9.17) is 0 Å². The highest BCUT2D eigenvalue weighted by molar-refractivity contribution is 9.09. The van der Waals surface area contributed by atoms with Crippen molar-refractivity contribution in [3.8, 4) is 0 Å². The Labute approximate surface area is 106 Å². The van der Waals surface area contributed by atoms with E-state index in [-0.39, 0.29) is 11.8 Å². The summed E-state index contributed by atoms with van der Waals surface area (Å²) in [5, 5.41) is 4.12. The van der Waals surface area contributed by atoms with Crippen molar-refractivity contribution >= 4 is 21.8 Å². The van der Waals surface area contributed by atoms with Gasteiger partial charge in [0, 0.05) is 17.9 Å². The lowest BCUT2D eigenvalue weighted by Crippen LogP contribution is -2.45. The number of hydrogen-bond acceptors (Lipinski definition) is 2. The van der Waals surface area contributed by atoms with E-state index in [1.807, 2.05) is 0 Å². The summed E-state index contributed by atoms with van der Waals surface area (Å²) in [4.78, 5) is 14.1. The van der Waals surface area contributed by atoms with Gasteiger partial charge in [-0.3, -0.25) is 9.69 Å². The van der Waals surface area contributed by atoms with E-state index >= 15 is 0 Å². The van der Waals surface area contributed by atoms with Gasteiger partial charge in [0.1, 0.15) is 0 Å². The average Bonchev–Trinajstić information content (AvgIpc) is 2.68. The topological polar surface area (TPSA) is 32.3 Å². The monoisotopic (exact) mass is 288 g/mol. The van der Waals surface area contributed by atoms with Crippen molar-refractivity contribution in [3.05, 3.63) is 0 Å². The Bertz CT molecular complexity index is 247. The zero-order chi connectivity index (χ0) is 11.4. The van der Waals surface area contributed by atoms with Crippen molar-refractivity contribution < 1.29 is 4.79 Å². The highest BCUT2D eigenvalue weighted by Crippen LogP contribution is 2.27. The van der Waals surface area contributed by atoms with Crippen LogP contribution in [0.15, 0.2) is 0 Å². The molecule has 0 bridgehead atoms. The number of amides is 1. The summed E-state index contributed by atoms with van der Waals surface area (Å²) in [5.41, 5.74) is 0. The number of carbonyl (C=O) groups excluding carboxylic acids is 1. The van der Waals surface area contributed by atoms with E-state index in [1.165, 1.54) is 38.8 Å². The quantitative estimate of drug-likeness (QED) is 0.618. The first-order valence-electron chi connectivity index (χ1n) is 6.40. The molecule has 0 aromatic carbocycles. The zero-order valence-electron chi connectivity index (χ0n) is 9.75. The minimum atomic E-state index is 0.282. The number of hydrogen-bond donors (Lipinski definition) is 1. The molecule has 3 nitrogen and oxygen atoms in total. The van der Waals surface area contributed by atoms with Gasteiger partial charge in [-0.1, -0.05) is 22.4 Å². The molecule has 0 aromatic heterocycles. The molecule has 0 saturated carbocycles. The number of rotatable bonds is 5. The first-order chi connectivity index (χ1) is 7.83. The maximum absolute atomic E-state index is 11.6. The van der Waals surface area contributed by atoms with Gasteiger partial charge in [0.05, 0.1) is 5.92 Å². The Hall–Kier alpha value is -0.0900. The minimum absolute atomic E-state index is 0.282. The Morgan fingerprint density at radius 2 is 2.25 bits per heavy atom. The predicted octanol–water partition coefficient (Wildman–Crippen LogP) is 1.76. The number of carbonyl (C=O) groups is 1. The van der Waals surface area contributed by atoms with Crippen molar-refractivity contribution in [1.82, 2.24) is 10.2 Å². The Morgan fingerprint density at radius 3 is 3.06 bits per heavy atom. The van der Waals surface area contributed by atoms with Crippen LogP contribution in [0.3, 0.4) is 0 Å². The molecule has 2 unspecified atom stereocenters. The van der Waals surface area contributed by atoms with Gasteiger partial charge in [-0.15, -0.1) is 0 Å². The number of nitrogens with zero attached hydrogens (tertiary/aromatic N) is 1. The number of piperidine rings is 1. The predicted molar refractivity (Wildman–Crippen MR) is 68.7 cm³/mol. The summed E-state index contributed by atoms with van der Waals surface area (Å²) in [6, 6.07) is 0.491. The molecule has 0 spiro atoms. The summed E-state index contributed by atoms with van der Waals surface area (Å²) in [6.45, 7) is 3.23. The molecule has 16 heavy (non-hydrogen) atoms. The molecule has 2 saturated heterocycles. The molecule has 2 fully saturated rings. The summed E-state index contributed by atoms with van der Waals surface area (Å²) < 4.78 is 0. The van der Waals surface area contributed by atoms with Gasteiger partial charge >= 0.3 is 0 Å². The fourth-order valence-corrected chi connectivity index (χ4v) is 3.30. The summed E-state index contributed by atoms with van der Waals surface area (Å²) in [5.74, 6) is 0.570. The van der Waals surface area contributed by atoms with Crippen molar-refractivity contribution in [1.29, 1.82) is 0 Å². The first kappa shape index (κ1) is 12.4. The first-order valence-corrected chi connectivity index (χ1v) is 7.53. The van der Waals surface area contributed by atoms with E-state index < -0.39 is 0 Å². The second kappa shape index (κ2) is 6.01. The van der Waals surface area contributed by atoms with Crippen LogP contribution in [0.25, 0.3) is 0 Å². The Balaban J connectivity index is 1.78. The summed E-state index contributed by atoms with van der Waals surface area (Å²) in [6.07, 6.45) is 6.10. The van der Waals surface area contributed by atoms with Gasteiger partial charge in [0.2, 0.25) is 5.91 Å².